The standard InChI is InChI=1S/C12H17NO.C6H10O3.CH3I/c1-4-12(14)13(3)10(2)11-8-6-5-7-9-11;1-5(7)3-2-4-6(8)9;1-2/h5-10H,4H2,1-3H3;2-4H2,1H3,(H,8,9);1H3. The Morgan fingerprint density at radius 1 is 1.12 bits per heavy atom. The number of carboxylic acids is 1. The van der Waals surface area contributed by atoms with Crippen LogP contribution in [0.15, 0.2) is 30.3 Å². The van der Waals surface area contributed by atoms with Crippen LogP contribution >= 0.6 is 22.6 Å². The number of aliphatic carboxylic acids is 1. The molecule has 0 radical (unpaired) electrons. The Bertz CT molecular complexity index is 491. The number of alkyl halides is 1. The van der Waals surface area contributed by atoms with Gasteiger partial charge in [-0.3, -0.25) is 9.59 Å². The maximum atomic E-state index is 11.5. The largest absolute Gasteiger partial charge is 0.481 e. The molecule has 0 aliphatic rings. The van der Waals surface area contributed by atoms with E-state index >= 15 is 0 Å². The number of rotatable bonds is 7. The van der Waals surface area contributed by atoms with Crippen molar-refractivity contribution in [2.24, 2.45) is 0 Å². The molecule has 25 heavy (non-hydrogen) atoms. The van der Waals surface area contributed by atoms with E-state index in [0.717, 1.165) is 0 Å². The predicted octanol–water partition coefficient (Wildman–Crippen LogP) is 4.50. The number of halogens is 1. The van der Waals surface area contributed by atoms with Crippen LogP contribution in [-0.4, -0.2) is 39.6 Å². The lowest BCUT2D eigenvalue weighted by Gasteiger charge is -2.24. The van der Waals surface area contributed by atoms with Gasteiger partial charge >= 0.3 is 5.97 Å². The summed E-state index contributed by atoms with van der Waals surface area (Å²) in [5.74, 6) is -0.603. The third kappa shape index (κ3) is 13.5. The minimum atomic E-state index is -0.837. The fourth-order valence-electron chi connectivity index (χ4n) is 1.91. The first-order chi connectivity index (χ1) is 11.8. The van der Waals surface area contributed by atoms with Crippen molar-refractivity contribution >= 4 is 40.3 Å². The summed E-state index contributed by atoms with van der Waals surface area (Å²) in [6.07, 6.45) is 1.50. The SMILES string of the molecule is CC(=O)CCCC(=O)O.CCC(=O)N(C)C(C)c1ccccc1.CI. The third-order valence-corrected chi connectivity index (χ3v) is 3.48. The highest BCUT2D eigenvalue weighted by atomic mass is 127. The first kappa shape index (κ1) is 25.8. The van der Waals surface area contributed by atoms with Gasteiger partial charge in [0.25, 0.3) is 0 Å². The molecule has 1 N–H and O–H groups in total. The predicted molar refractivity (Wildman–Crippen MR) is 110 cm³/mol. The molecular weight excluding hydrogens is 433 g/mol. The Balaban J connectivity index is 0. The number of hydrogen-bond acceptors (Lipinski definition) is 3. The van der Waals surface area contributed by atoms with Gasteiger partial charge in [-0.25, -0.2) is 0 Å². The maximum Gasteiger partial charge on any atom is 0.303 e. The van der Waals surface area contributed by atoms with Crippen LogP contribution in [-0.2, 0) is 14.4 Å². The lowest BCUT2D eigenvalue weighted by molar-refractivity contribution is -0.137. The summed E-state index contributed by atoms with van der Waals surface area (Å²) >= 11 is 2.15. The average molecular weight is 463 g/mol. The number of hydrogen-bond donors (Lipinski definition) is 1. The van der Waals surface area contributed by atoms with Crippen molar-refractivity contribution in [2.45, 2.75) is 52.5 Å². The van der Waals surface area contributed by atoms with Crippen molar-refractivity contribution in [1.29, 1.82) is 0 Å². The summed E-state index contributed by atoms with van der Waals surface area (Å²) in [4.78, 5) is 35.3. The molecule has 1 amide bonds. The average Bonchev–Trinajstić information content (AvgIpc) is 2.62. The third-order valence-electron chi connectivity index (χ3n) is 3.48. The molecule has 1 aromatic carbocycles. The van der Waals surface area contributed by atoms with Crippen LogP contribution < -0.4 is 0 Å². The molecule has 1 aromatic rings. The van der Waals surface area contributed by atoms with Gasteiger partial charge in [0.15, 0.2) is 0 Å². The van der Waals surface area contributed by atoms with Gasteiger partial charge in [-0.15, -0.1) is 0 Å². The highest BCUT2D eigenvalue weighted by molar-refractivity contribution is 14.1. The normalized spacial score (nSPS) is 10.3. The van der Waals surface area contributed by atoms with Gasteiger partial charge in [-0.05, 0) is 30.8 Å². The molecule has 1 atom stereocenters. The van der Waals surface area contributed by atoms with Gasteiger partial charge in [-0.2, -0.15) is 0 Å². The second-order valence-corrected chi connectivity index (χ2v) is 5.39. The van der Waals surface area contributed by atoms with Gasteiger partial charge in [-0.1, -0.05) is 59.8 Å². The Morgan fingerprint density at radius 2 is 1.64 bits per heavy atom. The Hall–Kier alpha value is -1.44. The number of carbonyl (C=O) groups excluding carboxylic acids is 2. The zero-order valence-electron chi connectivity index (χ0n) is 15.8. The molecule has 142 valence electrons. The fourth-order valence-corrected chi connectivity index (χ4v) is 1.91. The Labute approximate surface area is 164 Å². The van der Waals surface area contributed by atoms with E-state index in [9.17, 15) is 14.4 Å². The lowest BCUT2D eigenvalue weighted by Crippen LogP contribution is -2.28. The summed E-state index contributed by atoms with van der Waals surface area (Å²) in [7, 11) is 1.85. The van der Waals surface area contributed by atoms with E-state index in [1.165, 1.54) is 12.5 Å². The molecule has 1 unspecified atom stereocenters. The molecule has 1 rings (SSSR count). The minimum Gasteiger partial charge on any atom is -0.481 e. The van der Waals surface area contributed by atoms with Gasteiger partial charge in [0.2, 0.25) is 5.91 Å². The van der Waals surface area contributed by atoms with Gasteiger partial charge in [0, 0.05) is 26.3 Å². The number of amides is 1. The highest BCUT2D eigenvalue weighted by Gasteiger charge is 2.14. The second kappa shape index (κ2) is 16.1. The zero-order chi connectivity index (χ0) is 19.8. The van der Waals surface area contributed by atoms with Crippen LogP contribution in [0.2, 0.25) is 0 Å². The molecule has 0 spiro atoms. The summed E-state index contributed by atoms with van der Waals surface area (Å²) in [6.45, 7) is 5.39. The van der Waals surface area contributed by atoms with Crippen LogP contribution in [0.3, 0.4) is 0 Å². The number of carboxylic acid groups (broad SMARTS) is 1. The van der Waals surface area contributed by atoms with E-state index in [1.807, 2.05) is 56.2 Å². The molecule has 0 bridgehead atoms. The van der Waals surface area contributed by atoms with Crippen molar-refractivity contribution in [3.63, 3.8) is 0 Å². The summed E-state index contributed by atoms with van der Waals surface area (Å²) in [6, 6.07) is 10.2. The minimum absolute atomic E-state index is 0.0521. The topological polar surface area (TPSA) is 74.7 Å². The number of benzene rings is 1. The van der Waals surface area contributed by atoms with Gasteiger partial charge < -0.3 is 14.8 Å². The Morgan fingerprint density at radius 3 is 2.04 bits per heavy atom. The number of ketones is 1. The van der Waals surface area contributed by atoms with Gasteiger partial charge in [0.05, 0.1) is 6.04 Å². The quantitative estimate of drug-likeness (QED) is 0.478. The molecular formula is C19H30INO4. The molecule has 0 aromatic heterocycles. The van der Waals surface area contributed by atoms with Crippen LogP contribution in [0.25, 0.3) is 0 Å². The summed E-state index contributed by atoms with van der Waals surface area (Å²) in [5, 5.41) is 8.12. The van der Waals surface area contributed by atoms with Crippen LogP contribution in [0, 0.1) is 0 Å². The van der Waals surface area contributed by atoms with E-state index < -0.39 is 5.97 Å². The molecule has 0 saturated heterocycles. The molecule has 0 heterocycles. The second-order valence-electron chi connectivity index (χ2n) is 5.39. The van der Waals surface area contributed by atoms with Crippen LogP contribution in [0.1, 0.15) is 58.1 Å². The molecule has 5 nitrogen and oxygen atoms in total. The molecule has 0 aliphatic carbocycles. The highest BCUT2D eigenvalue weighted by Crippen LogP contribution is 2.18. The number of Topliss-reactive ketones (excluding diaryl/α,β-unsaturated/α-hetero) is 1. The molecule has 0 aliphatic heterocycles. The van der Waals surface area contributed by atoms with E-state index in [2.05, 4.69) is 22.6 Å². The van der Waals surface area contributed by atoms with Crippen molar-refractivity contribution in [1.82, 2.24) is 4.90 Å². The maximum absolute atomic E-state index is 11.5. The van der Waals surface area contributed by atoms with E-state index in [-0.39, 0.29) is 24.2 Å². The lowest BCUT2D eigenvalue weighted by atomic mass is 10.1. The fraction of sp³-hybridized carbons (Fsp3) is 0.526. The number of carbonyl (C=O) groups is 3. The summed E-state index contributed by atoms with van der Waals surface area (Å²) in [5.41, 5.74) is 1.18. The molecule has 0 fully saturated rings. The first-order valence-electron chi connectivity index (χ1n) is 8.19. The molecule has 6 heteroatoms. The monoisotopic (exact) mass is 463 g/mol. The summed E-state index contributed by atoms with van der Waals surface area (Å²) < 4.78 is 0. The van der Waals surface area contributed by atoms with Gasteiger partial charge in [0.1, 0.15) is 5.78 Å². The van der Waals surface area contributed by atoms with E-state index in [4.69, 9.17) is 5.11 Å². The van der Waals surface area contributed by atoms with Crippen molar-refractivity contribution in [3.05, 3.63) is 35.9 Å². The smallest absolute Gasteiger partial charge is 0.303 e. The van der Waals surface area contributed by atoms with Crippen molar-refractivity contribution in [3.8, 4) is 0 Å². The first-order valence-corrected chi connectivity index (χ1v) is 10.3. The van der Waals surface area contributed by atoms with Crippen molar-refractivity contribution in [2.75, 3.05) is 12.0 Å². The van der Waals surface area contributed by atoms with E-state index in [1.54, 1.807) is 4.90 Å². The zero-order valence-corrected chi connectivity index (χ0v) is 17.9. The molecule has 0 saturated carbocycles. The Kier molecular flexibility index (Phi) is 16.6. The van der Waals surface area contributed by atoms with Crippen LogP contribution in [0.5, 0.6) is 0 Å². The number of nitrogens with zero attached hydrogens (tertiary/aromatic N) is 1. The van der Waals surface area contributed by atoms with Crippen molar-refractivity contribution < 1.29 is 19.5 Å². The van der Waals surface area contributed by atoms with E-state index in [0.29, 0.717) is 19.3 Å². The van der Waals surface area contributed by atoms with Crippen LogP contribution in [0.4, 0.5) is 0 Å².